The summed E-state index contributed by atoms with van der Waals surface area (Å²) >= 11 is 0. The maximum absolute atomic E-state index is 10.9. The Hall–Kier alpha value is -4.73. The Kier molecular flexibility index (Phi) is 8.49. The molecule has 0 unspecified atom stereocenters. The Morgan fingerprint density at radius 3 is 2.17 bits per heavy atom. The first-order chi connectivity index (χ1) is 16.9. The van der Waals surface area contributed by atoms with E-state index in [-0.39, 0.29) is 13.2 Å². The van der Waals surface area contributed by atoms with E-state index in [1.807, 2.05) is 48.6 Å². The molecular weight excluding hydrogens is 450 g/mol. The Labute approximate surface area is 202 Å². The fraction of sp³-hybridized carbons (Fsp3) is 0.160. The molecule has 0 aliphatic heterocycles. The number of carbonyl (C=O) groups excluding carboxylic acids is 2. The van der Waals surface area contributed by atoms with Gasteiger partial charge in [0, 0.05) is 7.05 Å². The molecule has 0 spiro atoms. The average molecular weight is 478 g/mol. The lowest BCUT2D eigenvalue weighted by Crippen LogP contribution is -2.20. The third-order valence-electron chi connectivity index (χ3n) is 4.72. The van der Waals surface area contributed by atoms with Gasteiger partial charge in [-0.2, -0.15) is 5.10 Å². The van der Waals surface area contributed by atoms with Gasteiger partial charge in [0.1, 0.15) is 5.75 Å². The number of ether oxygens (including phenoxy) is 3. The molecule has 2 amide bonds. The molecule has 35 heavy (non-hydrogen) atoms. The van der Waals surface area contributed by atoms with E-state index in [2.05, 4.69) is 15.5 Å². The summed E-state index contributed by atoms with van der Waals surface area (Å²) in [6, 6.07) is 12.8. The number of methoxy groups -OCH3 is 1. The van der Waals surface area contributed by atoms with Crippen molar-refractivity contribution in [2.75, 3.05) is 32.7 Å². The number of primary amides is 2. The van der Waals surface area contributed by atoms with Crippen LogP contribution >= 0.6 is 0 Å². The molecule has 0 saturated heterocycles. The van der Waals surface area contributed by atoms with Crippen LogP contribution in [0.25, 0.3) is 24.3 Å². The van der Waals surface area contributed by atoms with Gasteiger partial charge in [-0.3, -0.25) is 14.7 Å². The first-order valence-electron chi connectivity index (χ1n) is 10.6. The van der Waals surface area contributed by atoms with Gasteiger partial charge in [0.2, 0.25) is 0 Å². The number of nitrogens with two attached hydrogens (primary N) is 2. The molecule has 0 fully saturated rings. The minimum atomic E-state index is -0.561. The van der Waals surface area contributed by atoms with Crippen molar-refractivity contribution in [2.24, 2.45) is 11.5 Å². The normalized spacial score (nSPS) is 11.0. The lowest BCUT2D eigenvalue weighted by atomic mass is 10.1. The summed E-state index contributed by atoms with van der Waals surface area (Å²) in [6.07, 6.45) is 7.57. The van der Waals surface area contributed by atoms with Gasteiger partial charge in [-0.15, -0.1) is 0 Å². The Morgan fingerprint density at radius 1 is 0.886 bits per heavy atom. The van der Waals surface area contributed by atoms with Crippen LogP contribution in [0.1, 0.15) is 22.5 Å². The van der Waals surface area contributed by atoms with E-state index in [4.69, 9.17) is 25.7 Å². The highest BCUT2D eigenvalue weighted by molar-refractivity contribution is 5.77. The van der Waals surface area contributed by atoms with Gasteiger partial charge in [-0.05, 0) is 53.6 Å². The lowest BCUT2D eigenvalue weighted by Gasteiger charge is -2.10. The molecule has 0 bridgehead atoms. The molecule has 0 radical (unpaired) electrons. The average Bonchev–Trinajstić information content (AvgIpc) is 3.31. The van der Waals surface area contributed by atoms with Crippen molar-refractivity contribution in [1.82, 2.24) is 10.2 Å². The van der Waals surface area contributed by atoms with Crippen LogP contribution in [0.2, 0.25) is 0 Å². The van der Waals surface area contributed by atoms with E-state index in [0.717, 1.165) is 28.2 Å². The first kappa shape index (κ1) is 24.9. The van der Waals surface area contributed by atoms with E-state index in [1.54, 1.807) is 25.2 Å². The van der Waals surface area contributed by atoms with Crippen molar-refractivity contribution in [3.63, 3.8) is 0 Å². The van der Waals surface area contributed by atoms with E-state index < -0.39 is 11.8 Å². The van der Waals surface area contributed by atoms with E-state index in [1.165, 1.54) is 7.11 Å². The quantitative estimate of drug-likeness (QED) is 0.312. The van der Waals surface area contributed by atoms with Crippen LogP contribution in [0.3, 0.4) is 0 Å². The highest BCUT2D eigenvalue weighted by atomic mass is 16.5. The number of rotatable bonds is 12. The number of benzene rings is 2. The van der Waals surface area contributed by atoms with E-state index >= 15 is 0 Å². The predicted octanol–water partition coefficient (Wildman–Crippen LogP) is 2.53. The zero-order valence-electron chi connectivity index (χ0n) is 19.4. The summed E-state index contributed by atoms with van der Waals surface area (Å²) in [6.45, 7) is -0.410. The fourth-order valence-corrected chi connectivity index (χ4v) is 3.07. The van der Waals surface area contributed by atoms with Crippen LogP contribution in [0.4, 0.5) is 5.69 Å². The van der Waals surface area contributed by atoms with Gasteiger partial charge < -0.3 is 31.0 Å². The van der Waals surface area contributed by atoms with Crippen LogP contribution in [-0.4, -0.2) is 49.4 Å². The molecule has 10 heteroatoms. The number of aromatic amines is 1. The van der Waals surface area contributed by atoms with Gasteiger partial charge >= 0.3 is 0 Å². The van der Waals surface area contributed by atoms with Gasteiger partial charge in [0.05, 0.1) is 24.2 Å². The largest absolute Gasteiger partial charge is 0.493 e. The summed E-state index contributed by atoms with van der Waals surface area (Å²) in [5.41, 5.74) is 14.3. The third kappa shape index (κ3) is 7.39. The SMILES string of the molecule is CNc1cc(/C=C/c2cc(/C=C/c3ccc(OCC(N)=O)c(OC)c3)[nH]n2)ccc1OCC(N)=O. The van der Waals surface area contributed by atoms with Gasteiger partial charge in [0.25, 0.3) is 11.8 Å². The number of nitrogens with one attached hydrogen (secondary N) is 2. The number of aromatic nitrogens is 2. The Morgan fingerprint density at radius 2 is 1.51 bits per heavy atom. The smallest absolute Gasteiger partial charge is 0.255 e. The fourth-order valence-electron chi connectivity index (χ4n) is 3.07. The molecule has 6 N–H and O–H groups in total. The lowest BCUT2D eigenvalue weighted by molar-refractivity contribution is -0.120. The van der Waals surface area contributed by atoms with Crippen molar-refractivity contribution in [1.29, 1.82) is 0 Å². The highest BCUT2D eigenvalue weighted by Crippen LogP contribution is 2.29. The van der Waals surface area contributed by atoms with Crippen LogP contribution in [0, 0.1) is 0 Å². The second-order valence-electron chi connectivity index (χ2n) is 7.34. The van der Waals surface area contributed by atoms with Crippen molar-refractivity contribution >= 4 is 41.8 Å². The number of hydrogen-bond donors (Lipinski definition) is 4. The number of hydrogen-bond acceptors (Lipinski definition) is 7. The van der Waals surface area contributed by atoms with Gasteiger partial charge in [-0.1, -0.05) is 24.3 Å². The van der Waals surface area contributed by atoms with Crippen LogP contribution in [0.15, 0.2) is 42.5 Å². The molecule has 1 heterocycles. The van der Waals surface area contributed by atoms with Crippen molar-refractivity contribution < 1.29 is 23.8 Å². The minimum absolute atomic E-state index is 0.187. The van der Waals surface area contributed by atoms with Crippen molar-refractivity contribution in [3.05, 3.63) is 65.0 Å². The molecule has 1 aromatic heterocycles. The number of nitrogens with zero attached hydrogens (tertiary/aromatic N) is 1. The van der Waals surface area contributed by atoms with Crippen molar-refractivity contribution in [2.45, 2.75) is 0 Å². The molecule has 2 aromatic carbocycles. The second-order valence-corrected chi connectivity index (χ2v) is 7.34. The molecular formula is C25H27N5O5. The van der Waals surface area contributed by atoms with E-state index in [9.17, 15) is 9.59 Å². The summed E-state index contributed by atoms with van der Waals surface area (Å²) < 4.78 is 16.1. The molecule has 10 nitrogen and oxygen atoms in total. The van der Waals surface area contributed by atoms with Crippen LogP contribution in [0.5, 0.6) is 17.2 Å². The number of H-pyrrole nitrogens is 1. The van der Waals surface area contributed by atoms with Gasteiger partial charge in [0.15, 0.2) is 24.7 Å². The van der Waals surface area contributed by atoms with E-state index in [0.29, 0.717) is 17.2 Å². The number of anilines is 1. The zero-order chi connectivity index (χ0) is 25.2. The Bertz CT molecular complexity index is 1150. The summed E-state index contributed by atoms with van der Waals surface area (Å²) in [4.78, 5) is 21.9. The molecule has 0 saturated carbocycles. The summed E-state index contributed by atoms with van der Waals surface area (Å²) in [5.74, 6) is 0.373. The summed E-state index contributed by atoms with van der Waals surface area (Å²) in [5, 5.41) is 10.3. The minimum Gasteiger partial charge on any atom is -0.493 e. The monoisotopic (exact) mass is 477 g/mol. The molecule has 0 aliphatic rings. The Balaban J connectivity index is 1.66. The van der Waals surface area contributed by atoms with Crippen molar-refractivity contribution in [3.8, 4) is 17.2 Å². The maximum atomic E-state index is 10.9. The maximum Gasteiger partial charge on any atom is 0.255 e. The molecule has 3 aromatic rings. The standard InChI is InChI=1S/C25H27N5O5/c1-28-20-11-16(5-9-21(20)34-14-24(26)31)3-7-18-13-19(30-29-18)8-4-17-6-10-22(23(12-17)33-2)35-15-25(27)32/h3-13,28H,14-15H2,1-2H3,(H2,26,31)(H2,27,32)(H,29,30)/b7-3+,8-4+. The zero-order valence-corrected chi connectivity index (χ0v) is 19.4. The third-order valence-corrected chi connectivity index (χ3v) is 4.72. The number of amides is 2. The molecule has 182 valence electrons. The second kappa shape index (κ2) is 11.9. The summed E-state index contributed by atoms with van der Waals surface area (Å²) in [7, 11) is 3.29. The topological polar surface area (TPSA) is 155 Å². The molecule has 0 aliphatic carbocycles. The molecule has 0 atom stereocenters. The van der Waals surface area contributed by atoms with Gasteiger partial charge in [-0.25, -0.2) is 0 Å². The van der Waals surface area contributed by atoms with Crippen LogP contribution < -0.4 is 31.0 Å². The predicted molar refractivity (Wildman–Crippen MR) is 135 cm³/mol. The highest BCUT2D eigenvalue weighted by Gasteiger charge is 2.07. The number of carbonyl (C=O) groups is 2. The van der Waals surface area contributed by atoms with Crippen LogP contribution in [-0.2, 0) is 9.59 Å². The first-order valence-corrected chi connectivity index (χ1v) is 10.6. The molecule has 3 rings (SSSR count).